The van der Waals surface area contributed by atoms with Crippen LogP contribution in [0.1, 0.15) is 12.8 Å². The van der Waals surface area contributed by atoms with Gasteiger partial charge in [0.2, 0.25) is 0 Å². The largest absolute Gasteiger partial charge is 0.369 e. The summed E-state index contributed by atoms with van der Waals surface area (Å²) < 4.78 is 2.53. The summed E-state index contributed by atoms with van der Waals surface area (Å²) in [6.07, 6.45) is 2.38. The Kier molecular flexibility index (Phi) is 6.34. The van der Waals surface area contributed by atoms with Gasteiger partial charge in [-0.15, -0.1) is 13.2 Å². The van der Waals surface area contributed by atoms with Gasteiger partial charge in [0, 0.05) is 56.6 Å². The Hall–Kier alpha value is -2.89. The molecule has 2 aliphatic rings. The molecule has 2 aliphatic heterocycles. The molecule has 0 amide bonds. The Bertz CT molecular complexity index is 1250. The molecule has 0 aliphatic carbocycles. The number of pyridine rings is 1. The lowest BCUT2D eigenvalue weighted by atomic mass is 10.1. The predicted octanol–water partition coefficient (Wildman–Crippen LogP) is 4.99. The highest BCUT2D eigenvalue weighted by Gasteiger charge is 2.24. The van der Waals surface area contributed by atoms with E-state index in [1.807, 2.05) is 0 Å². The molecule has 6 rings (SSSR count). The third-order valence-electron chi connectivity index (χ3n) is 7.18. The summed E-state index contributed by atoms with van der Waals surface area (Å²) in [5.74, 6) is 0. The Morgan fingerprint density at radius 2 is 1.55 bits per heavy atom. The summed E-state index contributed by atoms with van der Waals surface area (Å²) >= 11 is 0. The number of likely N-dealkylation sites (N-methyl/N-ethyl adjacent to an activating group) is 1. The molecule has 4 heterocycles. The highest BCUT2D eigenvalue weighted by Crippen LogP contribution is 2.40. The van der Waals surface area contributed by atoms with Gasteiger partial charge in [-0.2, -0.15) is 0 Å². The van der Waals surface area contributed by atoms with E-state index in [4.69, 9.17) is 4.98 Å². The number of hydrogen-bond donors (Lipinski definition) is 0. The number of aromatic nitrogens is 2. The quantitative estimate of drug-likeness (QED) is 0.417. The number of piperazine rings is 1. The molecule has 5 nitrogen and oxygen atoms in total. The fourth-order valence-corrected chi connectivity index (χ4v) is 5.52. The molecule has 5 heteroatoms. The molecule has 0 saturated carbocycles. The van der Waals surface area contributed by atoms with Crippen LogP contribution in [0.15, 0.2) is 61.7 Å². The van der Waals surface area contributed by atoms with Crippen molar-refractivity contribution in [2.24, 2.45) is 0 Å². The number of rotatable bonds is 4. The molecule has 172 valence electrons. The van der Waals surface area contributed by atoms with E-state index in [0.717, 1.165) is 30.7 Å². The average Bonchev–Trinajstić information content (AvgIpc) is 3.04. The monoisotopic (exact) mass is 441 g/mol. The van der Waals surface area contributed by atoms with E-state index >= 15 is 0 Å². The standard InChI is InChI=1S/C26H31N5.C2H4/c1-28-16-18-29(19-17-28)12-6-13-30-14-7-15-31-23-11-5-3-9-21(23)24-26(31)25(30)20-8-2-4-10-22(20)27-24;1-2/h2-5,8-11H,6-7,12-19H2,1H3;1-2H2. The second-order valence-corrected chi connectivity index (χ2v) is 9.18. The lowest BCUT2D eigenvalue weighted by Gasteiger charge is -2.33. The molecule has 0 unspecified atom stereocenters. The van der Waals surface area contributed by atoms with Crippen molar-refractivity contribution < 1.29 is 0 Å². The van der Waals surface area contributed by atoms with Crippen LogP contribution in [-0.4, -0.2) is 72.2 Å². The van der Waals surface area contributed by atoms with Gasteiger partial charge in [0.15, 0.2) is 0 Å². The normalized spacial score (nSPS) is 17.3. The number of fused-ring (bicyclic) bond motifs is 5. The summed E-state index contributed by atoms with van der Waals surface area (Å²) in [5, 5.41) is 2.57. The Balaban J connectivity index is 0.00000111. The first kappa shape index (κ1) is 21.9. The highest BCUT2D eigenvalue weighted by atomic mass is 15.2. The van der Waals surface area contributed by atoms with Gasteiger partial charge in [-0.25, -0.2) is 4.98 Å². The second kappa shape index (κ2) is 9.54. The smallest absolute Gasteiger partial charge is 0.0988 e. The van der Waals surface area contributed by atoms with Crippen molar-refractivity contribution in [1.29, 1.82) is 0 Å². The lowest BCUT2D eigenvalue weighted by molar-refractivity contribution is 0.153. The highest BCUT2D eigenvalue weighted by molar-refractivity contribution is 6.16. The minimum absolute atomic E-state index is 1.06. The molecular weight excluding hydrogens is 406 g/mol. The molecule has 0 bridgehead atoms. The van der Waals surface area contributed by atoms with E-state index in [-0.39, 0.29) is 0 Å². The van der Waals surface area contributed by atoms with Crippen LogP contribution in [0.25, 0.3) is 32.8 Å². The zero-order valence-corrected chi connectivity index (χ0v) is 19.8. The summed E-state index contributed by atoms with van der Waals surface area (Å²) in [6.45, 7) is 15.3. The zero-order chi connectivity index (χ0) is 22.8. The van der Waals surface area contributed by atoms with Crippen LogP contribution in [-0.2, 0) is 6.54 Å². The Labute approximate surface area is 196 Å². The fourth-order valence-electron chi connectivity index (χ4n) is 5.52. The van der Waals surface area contributed by atoms with Gasteiger partial charge in [0.1, 0.15) is 0 Å². The van der Waals surface area contributed by atoms with Gasteiger partial charge in [0.25, 0.3) is 0 Å². The molecule has 0 spiro atoms. The molecule has 4 aromatic rings. The van der Waals surface area contributed by atoms with Crippen molar-refractivity contribution in [1.82, 2.24) is 19.4 Å². The number of para-hydroxylation sites is 2. The van der Waals surface area contributed by atoms with E-state index in [9.17, 15) is 0 Å². The third kappa shape index (κ3) is 4.00. The second-order valence-electron chi connectivity index (χ2n) is 9.18. The van der Waals surface area contributed by atoms with Gasteiger partial charge >= 0.3 is 0 Å². The summed E-state index contributed by atoms with van der Waals surface area (Å²) in [5.41, 5.74) is 6.32. The number of aryl methyl sites for hydroxylation is 1. The number of anilines is 1. The molecule has 33 heavy (non-hydrogen) atoms. The molecule has 2 aromatic heterocycles. The van der Waals surface area contributed by atoms with Gasteiger partial charge < -0.3 is 19.3 Å². The van der Waals surface area contributed by atoms with E-state index in [2.05, 4.69) is 88.0 Å². The summed E-state index contributed by atoms with van der Waals surface area (Å²) in [4.78, 5) is 12.9. The van der Waals surface area contributed by atoms with Gasteiger partial charge in [-0.3, -0.25) is 0 Å². The van der Waals surface area contributed by atoms with Crippen LogP contribution in [0, 0.1) is 0 Å². The number of hydrogen-bond acceptors (Lipinski definition) is 4. The van der Waals surface area contributed by atoms with Crippen LogP contribution in [0.2, 0.25) is 0 Å². The topological polar surface area (TPSA) is 27.5 Å². The fraction of sp³-hybridized carbons (Fsp3) is 0.393. The zero-order valence-electron chi connectivity index (χ0n) is 19.8. The van der Waals surface area contributed by atoms with Gasteiger partial charge in [-0.05, 0) is 38.6 Å². The maximum absolute atomic E-state index is 5.15. The first-order valence-electron chi connectivity index (χ1n) is 12.2. The van der Waals surface area contributed by atoms with E-state index < -0.39 is 0 Å². The third-order valence-corrected chi connectivity index (χ3v) is 7.18. The first-order chi connectivity index (χ1) is 16.3. The van der Waals surface area contributed by atoms with Crippen LogP contribution in [0.4, 0.5) is 5.69 Å². The maximum atomic E-state index is 5.15. The minimum Gasteiger partial charge on any atom is -0.369 e. The molecule has 0 atom stereocenters. The van der Waals surface area contributed by atoms with Crippen molar-refractivity contribution in [2.45, 2.75) is 19.4 Å². The average molecular weight is 442 g/mol. The van der Waals surface area contributed by atoms with Crippen molar-refractivity contribution in [3.05, 3.63) is 61.7 Å². The molecule has 0 radical (unpaired) electrons. The van der Waals surface area contributed by atoms with Crippen molar-refractivity contribution in [2.75, 3.05) is 57.8 Å². The van der Waals surface area contributed by atoms with Crippen LogP contribution in [0.3, 0.4) is 0 Å². The minimum atomic E-state index is 1.06. The predicted molar refractivity (Wildman–Crippen MR) is 141 cm³/mol. The molecular formula is C28H35N5. The van der Waals surface area contributed by atoms with Crippen molar-refractivity contribution in [3.8, 4) is 0 Å². The molecule has 1 saturated heterocycles. The summed E-state index contributed by atoms with van der Waals surface area (Å²) in [6, 6.07) is 17.5. The lowest BCUT2D eigenvalue weighted by Crippen LogP contribution is -2.45. The van der Waals surface area contributed by atoms with Gasteiger partial charge in [0.05, 0.1) is 27.8 Å². The van der Waals surface area contributed by atoms with Crippen molar-refractivity contribution >= 4 is 38.5 Å². The van der Waals surface area contributed by atoms with E-state index in [0.29, 0.717) is 0 Å². The maximum Gasteiger partial charge on any atom is 0.0988 e. The van der Waals surface area contributed by atoms with Crippen molar-refractivity contribution in [3.63, 3.8) is 0 Å². The molecule has 1 fully saturated rings. The summed E-state index contributed by atoms with van der Waals surface area (Å²) in [7, 11) is 2.23. The number of benzene rings is 2. The first-order valence-corrected chi connectivity index (χ1v) is 12.2. The van der Waals surface area contributed by atoms with Crippen LogP contribution in [0.5, 0.6) is 0 Å². The van der Waals surface area contributed by atoms with Gasteiger partial charge in [-0.1, -0.05) is 36.4 Å². The Morgan fingerprint density at radius 1 is 0.818 bits per heavy atom. The van der Waals surface area contributed by atoms with E-state index in [1.165, 1.54) is 73.1 Å². The van der Waals surface area contributed by atoms with E-state index in [1.54, 1.807) is 0 Å². The van der Waals surface area contributed by atoms with Crippen LogP contribution < -0.4 is 4.90 Å². The Morgan fingerprint density at radius 3 is 2.36 bits per heavy atom. The molecule has 2 aromatic carbocycles. The number of nitrogens with zero attached hydrogens (tertiary/aromatic N) is 5. The molecule has 0 N–H and O–H groups in total. The SMILES string of the molecule is C=C.CN1CCN(CCCN2CCCn3c4ccccc4c4nc5ccccc5c2c43)CC1. The van der Waals surface area contributed by atoms with Crippen LogP contribution >= 0.6 is 0 Å².